The van der Waals surface area contributed by atoms with Gasteiger partial charge in [-0.15, -0.1) is 0 Å². The fraction of sp³-hybridized carbons (Fsp3) is 0.357. The van der Waals surface area contributed by atoms with Crippen LogP contribution in [0, 0.1) is 23.3 Å². The Hall–Kier alpha value is -3.15. The first-order valence-corrected chi connectivity index (χ1v) is 12.9. The molecule has 1 saturated heterocycles. The van der Waals surface area contributed by atoms with Crippen molar-refractivity contribution < 1.29 is 32.0 Å². The van der Waals surface area contributed by atoms with E-state index >= 15 is 13.2 Å². The van der Waals surface area contributed by atoms with Crippen molar-refractivity contribution in [1.82, 2.24) is 4.90 Å². The first-order chi connectivity index (χ1) is 18.7. The van der Waals surface area contributed by atoms with Gasteiger partial charge in [0.05, 0.1) is 30.0 Å². The third-order valence-electron chi connectivity index (χ3n) is 7.50. The number of nitrogens with zero attached hydrogens (tertiary/aromatic N) is 2. The third-order valence-corrected chi connectivity index (χ3v) is 7.50. The van der Waals surface area contributed by atoms with Crippen LogP contribution in [-0.4, -0.2) is 60.5 Å². The number of rotatable bonds is 8. The number of anilines is 2. The molecule has 5 rings (SSSR count). The van der Waals surface area contributed by atoms with E-state index in [4.69, 9.17) is 0 Å². The topological polar surface area (TPSA) is 59.0 Å². The van der Waals surface area contributed by atoms with Gasteiger partial charge >= 0.3 is 7.12 Å². The van der Waals surface area contributed by atoms with Crippen LogP contribution in [0.15, 0.2) is 48.5 Å². The van der Waals surface area contributed by atoms with Crippen molar-refractivity contribution in [2.75, 3.05) is 36.5 Å². The van der Waals surface area contributed by atoms with E-state index in [1.165, 1.54) is 29.2 Å². The molecule has 0 bridgehead atoms. The van der Waals surface area contributed by atoms with Gasteiger partial charge in [-0.3, -0.25) is 9.29 Å². The maximum absolute atomic E-state index is 15.8. The molecule has 0 aliphatic carbocycles. The van der Waals surface area contributed by atoms with Gasteiger partial charge < -0.3 is 20.3 Å². The Labute approximate surface area is 224 Å². The summed E-state index contributed by atoms with van der Waals surface area (Å²) in [5.74, 6) is -3.31. The number of alkyl halides is 1. The second-order valence-corrected chi connectivity index (χ2v) is 10.3. The summed E-state index contributed by atoms with van der Waals surface area (Å²) in [7, 11) is -1.73. The summed E-state index contributed by atoms with van der Waals surface area (Å²) in [6.07, 6.45) is 0.766. The van der Waals surface area contributed by atoms with E-state index in [1.54, 1.807) is 19.1 Å². The molecule has 11 heteroatoms. The fourth-order valence-corrected chi connectivity index (χ4v) is 5.70. The van der Waals surface area contributed by atoms with Crippen molar-refractivity contribution in [3.8, 4) is 0 Å². The predicted molar refractivity (Wildman–Crippen MR) is 141 cm³/mol. The minimum absolute atomic E-state index is 0.00494. The van der Waals surface area contributed by atoms with Gasteiger partial charge in [0.2, 0.25) is 0 Å². The van der Waals surface area contributed by atoms with Crippen LogP contribution in [0.25, 0.3) is 0 Å². The molecule has 3 aromatic rings. The van der Waals surface area contributed by atoms with Crippen LogP contribution in [0.4, 0.5) is 33.3 Å². The second-order valence-electron chi connectivity index (χ2n) is 10.3. The van der Waals surface area contributed by atoms with E-state index in [1.807, 2.05) is 4.90 Å². The Morgan fingerprint density at radius 1 is 0.949 bits per heavy atom. The smallest absolute Gasteiger partial charge is 0.423 e. The van der Waals surface area contributed by atoms with Crippen LogP contribution in [0.5, 0.6) is 0 Å². The van der Waals surface area contributed by atoms with Crippen molar-refractivity contribution in [2.45, 2.75) is 37.9 Å². The highest BCUT2D eigenvalue weighted by Crippen LogP contribution is 2.44. The number of benzene rings is 3. The normalized spacial score (nSPS) is 19.5. The van der Waals surface area contributed by atoms with Crippen LogP contribution >= 0.6 is 0 Å². The summed E-state index contributed by atoms with van der Waals surface area (Å²) in [5.41, 5.74) is 1.29. The van der Waals surface area contributed by atoms with Gasteiger partial charge in [-0.2, -0.15) is 0 Å². The summed E-state index contributed by atoms with van der Waals surface area (Å²) in [6, 6.07) is 8.44. The minimum Gasteiger partial charge on any atom is -0.423 e. The zero-order chi connectivity index (χ0) is 27.8. The summed E-state index contributed by atoms with van der Waals surface area (Å²) < 4.78 is 72.8. The quantitative estimate of drug-likeness (QED) is 0.296. The molecule has 39 heavy (non-hydrogen) atoms. The molecule has 2 atom stereocenters. The number of hydrogen-bond acceptors (Lipinski definition) is 5. The van der Waals surface area contributed by atoms with Gasteiger partial charge in [-0.05, 0) is 60.6 Å². The molecular weight excluding hydrogens is 516 g/mol. The van der Waals surface area contributed by atoms with E-state index < -0.39 is 49.1 Å². The van der Waals surface area contributed by atoms with Crippen molar-refractivity contribution in [1.29, 1.82) is 0 Å². The standard InChI is InChI=1S/C28H29BF5N3O2/c1-16-9-17-10-18(29(38)39)3-5-22(17)28(37(16)26-6-4-19(31)11-23(26)32)27-24(33)12-20(13-25(27)34)35-21-14-36(15-21)8-2-7-30/h3-6,10-13,16,21,28,35,38-39H,2,7-9,14-15H2,1H3. The maximum Gasteiger partial charge on any atom is 0.488 e. The number of hydrogen-bond donors (Lipinski definition) is 3. The van der Waals surface area contributed by atoms with E-state index in [2.05, 4.69) is 5.32 Å². The molecule has 0 amide bonds. The Balaban J connectivity index is 1.54. The largest absolute Gasteiger partial charge is 0.488 e. The zero-order valence-electron chi connectivity index (χ0n) is 21.3. The summed E-state index contributed by atoms with van der Waals surface area (Å²) in [6.45, 7) is 3.26. The average molecular weight is 545 g/mol. The molecule has 0 radical (unpaired) electrons. The van der Waals surface area contributed by atoms with Gasteiger partial charge in [-0.1, -0.05) is 18.2 Å². The second kappa shape index (κ2) is 11.2. The SMILES string of the molecule is CC1Cc2cc(B(O)O)ccc2C(c2c(F)cc(NC3CN(CCCF)C3)cc2F)N1c1ccc(F)cc1F. The number of likely N-dealkylation sites (tertiary alicyclic amines) is 1. The van der Waals surface area contributed by atoms with Crippen LogP contribution in [0.3, 0.4) is 0 Å². The van der Waals surface area contributed by atoms with Crippen molar-refractivity contribution in [3.05, 3.63) is 88.5 Å². The van der Waals surface area contributed by atoms with E-state index in [0.717, 1.165) is 12.1 Å². The number of halogens is 5. The molecular formula is C28H29BF5N3O2. The summed E-state index contributed by atoms with van der Waals surface area (Å²) in [5, 5.41) is 22.4. The minimum atomic E-state index is -1.73. The highest BCUT2D eigenvalue weighted by Gasteiger charge is 2.38. The molecule has 2 heterocycles. The van der Waals surface area contributed by atoms with Crippen molar-refractivity contribution >= 4 is 24.0 Å². The highest BCUT2D eigenvalue weighted by atomic mass is 19.1. The molecule has 3 N–H and O–H groups in total. The van der Waals surface area contributed by atoms with E-state index in [0.29, 0.717) is 43.6 Å². The fourth-order valence-electron chi connectivity index (χ4n) is 5.70. The molecule has 2 aliphatic rings. The van der Waals surface area contributed by atoms with Crippen LogP contribution in [0.2, 0.25) is 0 Å². The lowest BCUT2D eigenvalue weighted by molar-refractivity contribution is 0.155. The first-order valence-electron chi connectivity index (χ1n) is 12.9. The molecule has 3 aromatic carbocycles. The zero-order valence-corrected chi connectivity index (χ0v) is 21.3. The molecule has 5 nitrogen and oxygen atoms in total. The van der Waals surface area contributed by atoms with Crippen molar-refractivity contribution in [2.24, 2.45) is 0 Å². The number of nitrogens with one attached hydrogen (secondary N) is 1. The molecule has 0 spiro atoms. The lowest BCUT2D eigenvalue weighted by Crippen LogP contribution is -2.54. The molecule has 206 valence electrons. The van der Waals surface area contributed by atoms with Gasteiger partial charge in [0.15, 0.2) is 0 Å². The average Bonchev–Trinajstić information content (AvgIpc) is 2.85. The monoisotopic (exact) mass is 545 g/mol. The Morgan fingerprint density at radius 3 is 2.31 bits per heavy atom. The van der Waals surface area contributed by atoms with Crippen LogP contribution in [0.1, 0.15) is 36.1 Å². The maximum atomic E-state index is 15.8. The van der Waals surface area contributed by atoms with E-state index in [9.17, 15) is 18.8 Å². The predicted octanol–water partition coefficient (Wildman–Crippen LogP) is 3.92. The number of fused-ring (bicyclic) bond motifs is 1. The van der Waals surface area contributed by atoms with Crippen molar-refractivity contribution in [3.63, 3.8) is 0 Å². The Kier molecular flexibility index (Phi) is 7.84. The van der Waals surface area contributed by atoms with Crippen LogP contribution < -0.4 is 15.7 Å². The van der Waals surface area contributed by atoms with Gasteiger partial charge in [0, 0.05) is 37.4 Å². The molecule has 1 fully saturated rings. The third kappa shape index (κ3) is 5.48. The summed E-state index contributed by atoms with van der Waals surface area (Å²) in [4.78, 5) is 3.58. The lowest BCUT2D eigenvalue weighted by atomic mass is 9.75. The highest BCUT2D eigenvalue weighted by molar-refractivity contribution is 6.58. The Morgan fingerprint density at radius 2 is 1.67 bits per heavy atom. The molecule has 2 unspecified atom stereocenters. The van der Waals surface area contributed by atoms with Gasteiger partial charge in [-0.25, -0.2) is 17.6 Å². The molecule has 2 aliphatic heterocycles. The molecule has 0 aromatic heterocycles. The summed E-state index contributed by atoms with van der Waals surface area (Å²) >= 11 is 0. The van der Waals surface area contributed by atoms with E-state index in [-0.39, 0.29) is 28.4 Å². The van der Waals surface area contributed by atoms with Gasteiger partial charge in [0.1, 0.15) is 23.3 Å². The van der Waals surface area contributed by atoms with Gasteiger partial charge in [0.25, 0.3) is 0 Å². The molecule has 0 saturated carbocycles. The Bertz CT molecular complexity index is 1330. The first kappa shape index (κ1) is 27.4. The van der Waals surface area contributed by atoms with Crippen LogP contribution in [-0.2, 0) is 6.42 Å². The lowest BCUT2D eigenvalue weighted by Gasteiger charge is -2.44.